The predicted octanol–water partition coefficient (Wildman–Crippen LogP) is 2.89. The number of pyridine rings is 1. The van der Waals surface area contributed by atoms with Crippen molar-refractivity contribution < 1.29 is 12.8 Å². The monoisotopic (exact) mass is 378 g/mol. The number of nitrogens with zero attached hydrogens (tertiary/aromatic N) is 1. The summed E-state index contributed by atoms with van der Waals surface area (Å²) in [5.41, 5.74) is 2.37. The molecule has 0 bridgehead atoms. The van der Waals surface area contributed by atoms with Gasteiger partial charge in [0.15, 0.2) is 0 Å². The van der Waals surface area contributed by atoms with Crippen LogP contribution in [0.25, 0.3) is 0 Å². The van der Waals surface area contributed by atoms with E-state index in [1.807, 2.05) is 6.92 Å². The SMILES string of the molecule is CCc1cc(NS(=O)(=O)C2CC2)c(Cc2ccc(C)cc2F)n(C)c1=O. The molecular formula is C19H23FN2O3S. The van der Waals surface area contributed by atoms with E-state index >= 15 is 0 Å². The molecule has 1 aromatic carbocycles. The molecule has 0 saturated heterocycles. The topological polar surface area (TPSA) is 68.2 Å². The summed E-state index contributed by atoms with van der Waals surface area (Å²) in [6, 6.07) is 6.48. The summed E-state index contributed by atoms with van der Waals surface area (Å²) < 4.78 is 43.2. The van der Waals surface area contributed by atoms with Crippen molar-refractivity contribution in [3.05, 3.63) is 62.8 Å². The van der Waals surface area contributed by atoms with Crippen molar-refractivity contribution in [2.45, 2.75) is 44.8 Å². The molecule has 0 atom stereocenters. The number of aromatic nitrogens is 1. The van der Waals surface area contributed by atoms with Gasteiger partial charge in [-0.2, -0.15) is 0 Å². The van der Waals surface area contributed by atoms with Gasteiger partial charge in [0.05, 0.1) is 10.9 Å². The number of rotatable bonds is 6. The predicted molar refractivity (Wildman–Crippen MR) is 101 cm³/mol. The average molecular weight is 378 g/mol. The first-order chi connectivity index (χ1) is 12.2. The highest BCUT2D eigenvalue weighted by Crippen LogP contribution is 2.31. The molecule has 0 unspecified atom stereocenters. The van der Waals surface area contributed by atoms with Gasteiger partial charge in [0.1, 0.15) is 5.82 Å². The van der Waals surface area contributed by atoms with E-state index in [1.165, 1.54) is 10.6 Å². The third-order valence-electron chi connectivity index (χ3n) is 4.78. The summed E-state index contributed by atoms with van der Waals surface area (Å²) in [6.07, 6.45) is 1.90. The van der Waals surface area contributed by atoms with Crippen LogP contribution in [-0.4, -0.2) is 18.2 Å². The first kappa shape index (κ1) is 18.6. The minimum atomic E-state index is -3.49. The Hall–Kier alpha value is -2.15. The Balaban J connectivity index is 2.09. The van der Waals surface area contributed by atoms with Gasteiger partial charge in [0, 0.05) is 24.7 Å². The summed E-state index contributed by atoms with van der Waals surface area (Å²) in [5.74, 6) is -0.368. The zero-order valence-electron chi connectivity index (χ0n) is 15.2. The molecule has 5 nitrogen and oxygen atoms in total. The van der Waals surface area contributed by atoms with Crippen molar-refractivity contribution in [2.75, 3.05) is 4.72 Å². The normalized spacial score (nSPS) is 14.5. The maximum Gasteiger partial charge on any atom is 0.253 e. The van der Waals surface area contributed by atoms with Crippen LogP contribution in [0.3, 0.4) is 0 Å². The highest BCUT2D eigenvalue weighted by Gasteiger charge is 2.36. The second-order valence-electron chi connectivity index (χ2n) is 6.87. The Kier molecular flexibility index (Phi) is 4.92. The molecule has 1 aromatic heterocycles. The standard InChI is InChI=1S/C19H23FN2O3S/c1-4-13-10-17(21-26(24,25)15-7-8-15)18(22(3)19(13)23)11-14-6-5-12(2)9-16(14)20/h5-6,9-10,15,21H,4,7-8,11H2,1-3H3. The number of hydrogen-bond donors (Lipinski definition) is 1. The smallest absolute Gasteiger partial charge is 0.253 e. The number of nitrogens with one attached hydrogen (secondary N) is 1. The zero-order chi connectivity index (χ0) is 19.1. The fraction of sp³-hybridized carbons (Fsp3) is 0.421. The minimum Gasteiger partial charge on any atom is -0.313 e. The van der Waals surface area contributed by atoms with E-state index in [0.29, 0.717) is 41.8 Å². The van der Waals surface area contributed by atoms with Gasteiger partial charge in [0.2, 0.25) is 10.0 Å². The minimum absolute atomic E-state index is 0.129. The molecular weight excluding hydrogens is 355 g/mol. The highest BCUT2D eigenvalue weighted by molar-refractivity contribution is 7.93. The van der Waals surface area contributed by atoms with Crippen molar-refractivity contribution in [1.29, 1.82) is 0 Å². The lowest BCUT2D eigenvalue weighted by Gasteiger charge is -2.18. The number of benzene rings is 1. The maximum absolute atomic E-state index is 14.3. The second kappa shape index (κ2) is 6.87. The van der Waals surface area contributed by atoms with Gasteiger partial charge < -0.3 is 4.57 Å². The summed E-state index contributed by atoms with van der Waals surface area (Å²) in [6.45, 7) is 3.64. The fourth-order valence-corrected chi connectivity index (χ4v) is 4.39. The van der Waals surface area contributed by atoms with E-state index in [9.17, 15) is 17.6 Å². The van der Waals surface area contributed by atoms with Crippen LogP contribution >= 0.6 is 0 Å². The van der Waals surface area contributed by atoms with E-state index in [-0.39, 0.29) is 23.0 Å². The van der Waals surface area contributed by atoms with E-state index in [1.54, 1.807) is 32.2 Å². The van der Waals surface area contributed by atoms with Crippen LogP contribution in [0, 0.1) is 12.7 Å². The van der Waals surface area contributed by atoms with Gasteiger partial charge in [0.25, 0.3) is 5.56 Å². The molecule has 0 radical (unpaired) electrons. The lowest BCUT2D eigenvalue weighted by atomic mass is 10.0. The summed E-state index contributed by atoms with van der Waals surface area (Å²) in [7, 11) is -1.89. The molecule has 1 N–H and O–H groups in total. The van der Waals surface area contributed by atoms with Crippen LogP contribution in [0.15, 0.2) is 29.1 Å². The van der Waals surface area contributed by atoms with Crippen LogP contribution in [-0.2, 0) is 29.9 Å². The maximum atomic E-state index is 14.3. The summed E-state index contributed by atoms with van der Waals surface area (Å²) in [4.78, 5) is 12.5. The van der Waals surface area contributed by atoms with Crippen molar-refractivity contribution in [3.63, 3.8) is 0 Å². The molecule has 3 rings (SSSR count). The average Bonchev–Trinajstić information content (AvgIpc) is 3.41. The van der Waals surface area contributed by atoms with Crippen molar-refractivity contribution in [2.24, 2.45) is 7.05 Å². The molecule has 1 aliphatic rings. The molecule has 0 amide bonds. The molecule has 2 aromatic rings. The number of halogens is 1. The third-order valence-corrected chi connectivity index (χ3v) is 6.63. The third kappa shape index (κ3) is 3.67. The summed E-state index contributed by atoms with van der Waals surface area (Å²) in [5, 5.41) is -0.381. The Bertz CT molecular complexity index is 1010. The Morgan fingerprint density at radius 1 is 1.23 bits per heavy atom. The number of anilines is 1. The molecule has 7 heteroatoms. The molecule has 140 valence electrons. The van der Waals surface area contributed by atoms with E-state index in [2.05, 4.69) is 4.72 Å². The van der Waals surface area contributed by atoms with Gasteiger partial charge >= 0.3 is 0 Å². The van der Waals surface area contributed by atoms with E-state index < -0.39 is 10.0 Å². The van der Waals surface area contributed by atoms with Gasteiger partial charge in [-0.1, -0.05) is 19.1 Å². The van der Waals surface area contributed by atoms with E-state index in [0.717, 1.165) is 5.56 Å². The molecule has 0 aliphatic heterocycles. The first-order valence-corrected chi connectivity index (χ1v) is 10.3. The van der Waals surface area contributed by atoms with Gasteiger partial charge in [-0.05, 0) is 49.4 Å². The van der Waals surface area contributed by atoms with Crippen LogP contribution < -0.4 is 10.3 Å². The molecule has 1 aliphatic carbocycles. The van der Waals surface area contributed by atoms with Crippen LogP contribution in [0.5, 0.6) is 0 Å². The lowest BCUT2D eigenvalue weighted by molar-refractivity contribution is 0.599. The molecule has 26 heavy (non-hydrogen) atoms. The fourth-order valence-electron chi connectivity index (χ4n) is 2.98. The van der Waals surface area contributed by atoms with Crippen molar-refractivity contribution in [3.8, 4) is 0 Å². The second-order valence-corrected chi connectivity index (χ2v) is 8.83. The van der Waals surface area contributed by atoms with Gasteiger partial charge in [-0.3, -0.25) is 9.52 Å². The number of sulfonamides is 1. The largest absolute Gasteiger partial charge is 0.313 e. The lowest BCUT2D eigenvalue weighted by Crippen LogP contribution is -2.28. The Morgan fingerprint density at radius 3 is 2.50 bits per heavy atom. The molecule has 1 heterocycles. The molecule has 1 fully saturated rings. The highest BCUT2D eigenvalue weighted by atomic mass is 32.2. The van der Waals surface area contributed by atoms with Crippen molar-refractivity contribution in [1.82, 2.24) is 4.57 Å². The zero-order valence-corrected chi connectivity index (χ0v) is 16.0. The van der Waals surface area contributed by atoms with Crippen molar-refractivity contribution >= 4 is 15.7 Å². The van der Waals surface area contributed by atoms with Gasteiger partial charge in [-0.25, -0.2) is 12.8 Å². The number of aryl methyl sites for hydroxylation is 2. The van der Waals surface area contributed by atoms with Crippen LogP contribution in [0.4, 0.5) is 10.1 Å². The van der Waals surface area contributed by atoms with Crippen LogP contribution in [0.1, 0.15) is 42.1 Å². The molecule has 1 saturated carbocycles. The van der Waals surface area contributed by atoms with E-state index in [4.69, 9.17) is 0 Å². The first-order valence-electron chi connectivity index (χ1n) is 8.71. The summed E-state index contributed by atoms with van der Waals surface area (Å²) >= 11 is 0. The molecule has 0 spiro atoms. The van der Waals surface area contributed by atoms with Crippen LogP contribution in [0.2, 0.25) is 0 Å². The quantitative estimate of drug-likeness (QED) is 0.840. The van der Waals surface area contributed by atoms with Gasteiger partial charge in [-0.15, -0.1) is 0 Å². The Morgan fingerprint density at radius 2 is 1.92 bits per heavy atom. The number of hydrogen-bond acceptors (Lipinski definition) is 3. The Labute approximate surface area is 152 Å².